The molecule has 2 rings (SSSR count). The molecule has 2 aliphatic heterocycles. The van der Waals surface area contributed by atoms with Gasteiger partial charge in [0.15, 0.2) is 0 Å². The highest BCUT2D eigenvalue weighted by atomic mass is 16.5. The number of rotatable bonds is 1. The van der Waals surface area contributed by atoms with E-state index in [2.05, 4.69) is 11.4 Å². The van der Waals surface area contributed by atoms with Crippen LogP contribution in [0.5, 0.6) is 0 Å². The number of hydrogen-bond acceptors (Lipinski definition) is 4. The van der Waals surface area contributed by atoms with Crippen molar-refractivity contribution in [2.24, 2.45) is 5.41 Å². The molecule has 0 aromatic heterocycles. The maximum atomic E-state index is 12.3. The van der Waals surface area contributed by atoms with Gasteiger partial charge in [0.05, 0.1) is 6.07 Å². The van der Waals surface area contributed by atoms with Crippen molar-refractivity contribution in [3.8, 4) is 6.07 Å². The van der Waals surface area contributed by atoms with Crippen LogP contribution in [0.15, 0.2) is 0 Å². The Bertz CT molecular complexity index is 299. The summed E-state index contributed by atoms with van der Waals surface area (Å²) in [6, 6.07) is 2.22. The molecule has 16 heavy (non-hydrogen) atoms. The van der Waals surface area contributed by atoms with Crippen LogP contribution in [0.4, 0.5) is 0 Å². The predicted molar refractivity (Wildman–Crippen MR) is 57.5 cm³/mol. The number of carbonyl (C=O) groups excluding carboxylic acids is 1. The van der Waals surface area contributed by atoms with Crippen molar-refractivity contribution in [2.45, 2.75) is 12.8 Å². The van der Waals surface area contributed by atoms with Gasteiger partial charge in [-0.25, -0.2) is 0 Å². The van der Waals surface area contributed by atoms with E-state index in [-0.39, 0.29) is 5.91 Å². The van der Waals surface area contributed by atoms with Gasteiger partial charge >= 0.3 is 0 Å². The van der Waals surface area contributed by atoms with Crippen molar-refractivity contribution in [1.82, 2.24) is 10.2 Å². The molecule has 2 aliphatic rings. The summed E-state index contributed by atoms with van der Waals surface area (Å²) in [5.74, 6) is -0.000185. The fourth-order valence-corrected chi connectivity index (χ4v) is 2.26. The molecule has 5 heteroatoms. The summed E-state index contributed by atoms with van der Waals surface area (Å²) in [6.07, 6.45) is 1.07. The number of nitrogens with zero attached hydrogens (tertiary/aromatic N) is 2. The molecule has 0 saturated carbocycles. The highest BCUT2D eigenvalue weighted by molar-refractivity contribution is 5.85. The van der Waals surface area contributed by atoms with Crippen molar-refractivity contribution in [3.63, 3.8) is 0 Å². The second-order valence-corrected chi connectivity index (χ2v) is 4.35. The molecule has 0 bridgehead atoms. The summed E-state index contributed by atoms with van der Waals surface area (Å²) < 4.78 is 5.23. The zero-order valence-electron chi connectivity index (χ0n) is 9.37. The molecule has 2 heterocycles. The smallest absolute Gasteiger partial charge is 0.243 e. The van der Waals surface area contributed by atoms with Gasteiger partial charge in [0.25, 0.3) is 0 Å². The maximum Gasteiger partial charge on any atom is 0.243 e. The summed E-state index contributed by atoms with van der Waals surface area (Å²) in [4.78, 5) is 14.1. The Morgan fingerprint density at radius 1 is 1.31 bits per heavy atom. The lowest BCUT2D eigenvalue weighted by Crippen LogP contribution is -2.52. The minimum atomic E-state index is -0.824. The van der Waals surface area contributed by atoms with Crippen molar-refractivity contribution < 1.29 is 9.53 Å². The van der Waals surface area contributed by atoms with Crippen LogP contribution in [0, 0.1) is 16.7 Å². The number of amides is 1. The summed E-state index contributed by atoms with van der Waals surface area (Å²) in [6.45, 7) is 4.11. The topological polar surface area (TPSA) is 65.4 Å². The molecule has 88 valence electrons. The summed E-state index contributed by atoms with van der Waals surface area (Å²) in [5, 5.41) is 12.5. The highest BCUT2D eigenvalue weighted by Gasteiger charge is 2.43. The van der Waals surface area contributed by atoms with Gasteiger partial charge in [0.1, 0.15) is 5.41 Å². The molecule has 0 aromatic rings. The largest absolute Gasteiger partial charge is 0.381 e. The molecule has 5 nitrogen and oxygen atoms in total. The second kappa shape index (κ2) is 4.81. The van der Waals surface area contributed by atoms with Gasteiger partial charge in [-0.1, -0.05) is 0 Å². The van der Waals surface area contributed by atoms with Gasteiger partial charge in [-0.15, -0.1) is 0 Å². The highest BCUT2D eigenvalue weighted by Crippen LogP contribution is 2.32. The molecule has 2 saturated heterocycles. The number of piperazine rings is 1. The Balaban J connectivity index is 2.08. The van der Waals surface area contributed by atoms with Crippen LogP contribution < -0.4 is 5.32 Å². The van der Waals surface area contributed by atoms with Gasteiger partial charge < -0.3 is 15.0 Å². The monoisotopic (exact) mass is 223 g/mol. The lowest BCUT2D eigenvalue weighted by atomic mass is 9.80. The van der Waals surface area contributed by atoms with Gasteiger partial charge in [-0.05, 0) is 12.8 Å². The van der Waals surface area contributed by atoms with E-state index in [1.807, 2.05) is 4.90 Å². The summed E-state index contributed by atoms with van der Waals surface area (Å²) >= 11 is 0. The van der Waals surface area contributed by atoms with E-state index < -0.39 is 5.41 Å². The van der Waals surface area contributed by atoms with Crippen molar-refractivity contribution >= 4 is 5.91 Å². The van der Waals surface area contributed by atoms with Gasteiger partial charge in [0, 0.05) is 39.4 Å². The average molecular weight is 223 g/mol. The minimum Gasteiger partial charge on any atom is -0.381 e. The molecular weight excluding hydrogens is 206 g/mol. The van der Waals surface area contributed by atoms with Gasteiger partial charge in [-0.3, -0.25) is 4.79 Å². The Hall–Kier alpha value is -1.12. The standard InChI is InChI=1S/C11H17N3O2/c12-9-11(1-7-16-8-2-11)10(15)14-5-3-13-4-6-14/h13H,1-8H2. The molecule has 0 unspecified atom stereocenters. The lowest BCUT2D eigenvalue weighted by molar-refractivity contribution is -0.144. The van der Waals surface area contributed by atoms with E-state index in [4.69, 9.17) is 4.74 Å². The molecule has 0 aromatic carbocycles. The Morgan fingerprint density at radius 3 is 2.50 bits per heavy atom. The zero-order chi connectivity index (χ0) is 11.4. The maximum absolute atomic E-state index is 12.3. The molecule has 1 amide bonds. The van der Waals surface area contributed by atoms with Crippen LogP contribution in [0.3, 0.4) is 0 Å². The molecule has 2 fully saturated rings. The fraction of sp³-hybridized carbons (Fsp3) is 0.818. The van der Waals surface area contributed by atoms with Crippen LogP contribution in [-0.4, -0.2) is 50.2 Å². The molecular formula is C11H17N3O2. The Morgan fingerprint density at radius 2 is 1.94 bits per heavy atom. The third-order valence-electron chi connectivity index (χ3n) is 3.37. The summed E-state index contributed by atoms with van der Waals surface area (Å²) in [7, 11) is 0. The number of hydrogen-bond donors (Lipinski definition) is 1. The van der Waals surface area contributed by atoms with E-state index in [1.165, 1.54) is 0 Å². The minimum absolute atomic E-state index is 0.000185. The van der Waals surface area contributed by atoms with E-state index in [0.29, 0.717) is 39.1 Å². The predicted octanol–water partition coefficient (Wildman–Crippen LogP) is -0.261. The normalized spacial score (nSPS) is 24.8. The number of ether oxygens (including phenoxy) is 1. The van der Waals surface area contributed by atoms with E-state index in [9.17, 15) is 10.1 Å². The van der Waals surface area contributed by atoms with Gasteiger partial charge in [-0.2, -0.15) is 5.26 Å². The SMILES string of the molecule is N#CC1(C(=O)N2CCNCC2)CCOCC1. The number of nitriles is 1. The molecule has 1 N–H and O–H groups in total. The molecule has 0 radical (unpaired) electrons. The van der Waals surface area contributed by atoms with Crippen molar-refractivity contribution in [1.29, 1.82) is 5.26 Å². The van der Waals surface area contributed by atoms with Crippen LogP contribution in [-0.2, 0) is 9.53 Å². The number of carbonyl (C=O) groups is 1. The Labute approximate surface area is 95.4 Å². The van der Waals surface area contributed by atoms with E-state index >= 15 is 0 Å². The first-order valence-electron chi connectivity index (χ1n) is 5.78. The van der Waals surface area contributed by atoms with Crippen molar-refractivity contribution in [3.05, 3.63) is 0 Å². The number of nitrogens with one attached hydrogen (secondary N) is 1. The fourth-order valence-electron chi connectivity index (χ4n) is 2.26. The first-order chi connectivity index (χ1) is 7.78. The first kappa shape index (κ1) is 11.4. The first-order valence-corrected chi connectivity index (χ1v) is 5.78. The van der Waals surface area contributed by atoms with Crippen molar-refractivity contribution in [2.75, 3.05) is 39.4 Å². The third kappa shape index (κ3) is 2.04. The van der Waals surface area contributed by atoms with Gasteiger partial charge in [0.2, 0.25) is 5.91 Å². The quantitative estimate of drug-likeness (QED) is 0.665. The molecule has 0 aliphatic carbocycles. The van der Waals surface area contributed by atoms with E-state index in [1.54, 1.807) is 0 Å². The molecule has 0 spiro atoms. The van der Waals surface area contributed by atoms with Crippen LogP contribution in [0.2, 0.25) is 0 Å². The van der Waals surface area contributed by atoms with Crippen LogP contribution >= 0.6 is 0 Å². The zero-order valence-corrected chi connectivity index (χ0v) is 9.37. The second-order valence-electron chi connectivity index (χ2n) is 4.35. The molecule has 0 atom stereocenters. The lowest BCUT2D eigenvalue weighted by Gasteiger charge is -2.36. The van der Waals surface area contributed by atoms with Crippen LogP contribution in [0.1, 0.15) is 12.8 Å². The third-order valence-corrected chi connectivity index (χ3v) is 3.37. The Kier molecular flexibility index (Phi) is 3.42. The van der Waals surface area contributed by atoms with Crippen LogP contribution in [0.25, 0.3) is 0 Å². The van der Waals surface area contributed by atoms with E-state index in [0.717, 1.165) is 13.1 Å². The summed E-state index contributed by atoms with van der Waals surface area (Å²) in [5.41, 5.74) is -0.824. The average Bonchev–Trinajstić information content (AvgIpc) is 2.39.